The molecule has 0 aromatic carbocycles. The van der Waals surface area contributed by atoms with Crippen LogP contribution in [-0.2, 0) is 4.74 Å². The van der Waals surface area contributed by atoms with Crippen LogP contribution < -0.4 is 10.6 Å². The fourth-order valence-electron chi connectivity index (χ4n) is 3.46. The molecule has 0 radical (unpaired) electrons. The summed E-state index contributed by atoms with van der Waals surface area (Å²) >= 11 is 0. The minimum Gasteiger partial charge on any atom is -0.444 e. The van der Waals surface area contributed by atoms with Crippen LogP contribution in [0.1, 0.15) is 40.5 Å². The molecule has 1 amide bonds. The van der Waals surface area contributed by atoms with Gasteiger partial charge in [-0.1, -0.05) is 0 Å². The fraction of sp³-hybridized carbons (Fsp3) is 0.889. The summed E-state index contributed by atoms with van der Waals surface area (Å²) in [6.45, 7) is 9.11. The molecule has 29 heavy (non-hydrogen) atoms. The number of guanidine groups is 1. The lowest BCUT2D eigenvalue weighted by atomic mass is 10.2. The van der Waals surface area contributed by atoms with Crippen molar-refractivity contribution in [2.45, 2.75) is 64.4 Å². The van der Waals surface area contributed by atoms with E-state index in [0.29, 0.717) is 45.1 Å². The van der Waals surface area contributed by atoms with Crippen molar-refractivity contribution >= 4 is 36.0 Å². The average molecular weight is 535 g/mol. The van der Waals surface area contributed by atoms with Crippen molar-refractivity contribution in [2.75, 3.05) is 39.3 Å². The smallest absolute Gasteiger partial charge is 0.407 e. The second kappa shape index (κ2) is 10.9. The Morgan fingerprint density at radius 2 is 1.72 bits per heavy atom. The number of rotatable bonds is 4. The van der Waals surface area contributed by atoms with E-state index in [1.165, 1.54) is 4.90 Å². The first-order chi connectivity index (χ1) is 12.9. The number of halogens is 4. The van der Waals surface area contributed by atoms with Crippen LogP contribution in [0.25, 0.3) is 0 Å². The molecule has 0 bridgehead atoms. The number of carbonyl (C=O) groups is 1. The van der Waals surface area contributed by atoms with E-state index in [2.05, 4.69) is 15.6 Å². The van der Waals surface area contributed by atoms with E-state index < -0.39 is 24.4 Å². The molecule has 2 heterocycles. The molecule has 2 fully saturated rings. The van der Waals surface area contributed by atoms with Gasteiger partial charge in [0.25, 0.3) is 0 Å². The maximum absolute atomic E-state index is 12.6. The Kier molecular flexibility index (Phi) is 9.77. The highest BCUT2D eigenvalue weighted by atomic mass is 127. The first-order valence-electron chi connectivity index (χ1n) is 9.79. The molecule has 0 spiro atoms. The average Bonchev–Trinajstić information content (AvgIpc) is 3.13. The number of carbonyl (C=O) groups excluding carboxylic acids is 1. The van der Waals surface area contributed by atoms with Crippen molar-refractivity contribution in [3.8, 4) is 0 Å². The number of hydrogen-bond acceptors (Lipinski definition) is 4. The molecule has 2 unspecified atom stereocenters. The Balaban J connectivity index is 0.00000420. The van der Waals surface area contributed by atoms with Crippen LogP contribution in [-0.4, -0.2) is 85.0 Å². The van der Waals surface area contributed by atoms with E-state index in [1.54, 1.807) is 0 Å². The standard InChI is InChI=1S/C18H32F3N5O2.HI/c1-5-22-15(23-13-6-8-25(10-13)12-18(19,20)21)26-9-7-14(11-26)24-16(27)28-17(2,3)4;/h13-14H,5-12H2,1-4H3,(H,22,23)(H,24,27);1H. The summed E-state index contributed by atoms with van der Waals surface area (Å²) in [5.74, 6) is 0.690. The van der Waals surface area contributed by atoms with Gasteiger partial charge in [-0.25, -0.2) is 4.79 Å². The minimum atomic E-state index is -4.18. The minimum absolute atomic E-state index is 0. The molecular formula is C18H33F3IN5O2. The largest absolute Gasteiger partial charge is 0.444 e. The summed E-state index contributed by atoms with van der Waals surface area (Å²) in [4.78, 5) is 19.9. The Morgan fingerprint density at radius 1 is 1.10 bits per heavy atom. The molecule has 0 aromatic rings. The Labute approximate surface area is 187 Å². The zero-order valence-electron chi connectivity index (χ0n) is 17.5. The van der Waals surface area contributed by atoms with Crippen molar-refractivity contribution in [1.82, 2.24) is 20.4 Å². The number of likely N-dealkylation sites (tertiary alicyclic amines) is 2. The van der Waals surface area contributed by atoms with Gasteiger partial charge in [-0.3, -0.25) is 9.89 Å². The van der Waals surface area contributed by atoms with Crippen LogP contribution in [0.3, 0.4) is 0 Å². The van der Waals surface area contributed by atoms with Crippen LogP contribution in [0.4, 0.5) is 18.0 Å². The quantitative estimate of drug-likeness (QED) is 0.330. The highest BCUT2D eigenvalue weighted by Gasteiger charge is 2.35. The van der Waals surface area contributed by atoms with Crippen LogP contribution >= 0.6 is 24.0 Å². The van der Waals surface area contributed by atoms with Gasteiger partial charge in [0.15, 0.2) is 5.96 Å². The second-order valence-electron chi connectivity index (χ2n) is 8.36. The van der Waals surface area contributed by atoms with Gasteiger partial charge < -0.3 is 20.3 Å². The van der Waals surface area contributed by atoms with E-state index in [-0.39, 0.29) is 36.1 Å². The Hall–Kier alpha value is -0.980. The summed E-state index contributed by atoms with van der Waals surface area (Å²) in [5.41, 5.74) is -0.552. The lowest BCUT2D eigenvalue weighted by Gasteiger charge is -2.26. The Bertz CT molecular complexity index is 569. The molecule has 2 rings (SSSR count). The first-order valence-corrected chi connectivity index (χ1v) is 9.79. The number of alkyl halides is 3. The van der Waals surface area contributed by atoms with Gasteiger partial charge in [0.1, 0.15) is 5.60 Å². The molecule has 0 aromatic heterocycles. The van der Waals surface area contributed by atoms with Gasteiger partial charge in [0.2, 0.25) is 0 Å². The van der Waals surface area contributed by atoms with E-state index in [4.69, 9.17) is 4.74 Å². The zero-order valence-corrected chi connectivity index (χ0v) is 19.8. The highest BCUT2D eigenvalue weighted by molar-refractivity contribution is 14.0. The Morgan fingerprint density at radius 3 is 2.31 bits per heavy atom. The van der Waals surface area contributed by atoms with Crippen molar-refractivity contribution < 1.29 is 22.7 Å². The molecule has 7 nitrogen and oxygen atoms in total. The molecule has 170 valence electrons. The van der Waals surface area contributed by atoms with Gasteiger partial charge in [-0.2, -0.15) is 13.2 Å². The third kappa shape index (κ3) is 9.58. The number of nitrogens with one attached hydrogen (secondary N) is 2. The monoisotopic (exact) mass is 535 g/mol. The fourth-order valence-corrected chi connectivity index (χ4v) is 3.46. The van der Waals surface area contributed by atoms with Crippen molar-refractivity contribution in [2.24, 2.45) is 4.99 Å². The lowest BCUT2D eigenvalue weighted by Crippen LogP contribution is -2.48. The van der Waals surface area contributed by atoms with Gasteiger partial charge >= 0.3 is 12.3 Å². The molecule has 0 aliphatic carbocycles. The van der Waals surface area contributed by atoms with E-state index in [0.717, 1.165) is 6.42 Å². The summed E-state index contributed by atoms with van der Waals surface area (Å²) in [6.07, 6.45) is -3.22. The van der Waals surface area contributed by atoms with Crippen molar-refractivity contribution in [3.63, 3.8) is 0 Å². The molecule has 2 saturated heterocycles. The molecule has 0 saturated carbocycles. The third-order valence-corrected chi connectivity index (χ3v) is 4.53. The van der Waals surface area contributed by atoms with E-state index in [9.17, 15) is 18.0 Å². The zero-order chi connectivity index (χ0) is 20.9. The molecule has 2 aliphatic rings. The lowest BCUT2D eigenvalue weighted by molar-refractivity contribution is -0.143. The SMILES string of the molecule is CCN=C(NC1CCN(CC(F)(F)F)C1)N1CCC(NC(=O)OC(C)(C)C)C1.I. The van der Waals surface area contributed by atoms with Crippen LogP contribution in [0.2, 0.25) is 0 Å². The predicted octanol–water partition coefficient (Wildman–Crippen LogP) is 2.81. The van der Waals surface area contributed by atoms with Gasteiger partial charge in [0, 0.05) is 38.8 Å². The van der Waals surface area contributed by atoms with E-state index in [1.807, 2.05) is 32.6 Å². The van der Waals surface area contributed by atoms with Crippen LogP contribution in [0.15, 0.2) is 4.99 Å². The molecule has 2 N–H and O–H groups in total. The molecular weight excluding hydrogens is 502 g/mol. The summed E-state index contributed by atoms with van der Waals surface area (Å²) < 4.78 is 43.0. The molecule has 2 atom stereocenters. The van der Waals surface area contributed by atoms with E-state index >= 15 is 0 Å². The third-order valence-electron chi connectivity index (χ3n) is 4.53. The first kappa shape index (κ1) is 26.1. The topological polar surface area (TPSA) is 69.2 Å². The number of hydrogen-bond donors (Lipinski definition) is 2. The normalized spacial score (nSPS) is 23.7. The number of aliphatic imine (C=N–C) groups is 1. The summed E-state index contributed by atoms with van der Waals surface area (Å²) in [6, 6.07) is -0.116. The number of alkyl carbamates (subject to hydrolysis) is 1. The molecule has 2 aliphatic heterocycles. The number of nitrogens with zero attached hydrogens (tertiary/aromatic N) is 3. The summed E-state index contributed by atoms with van der Waals surface area (Å²) in [5, 5.41) is 6.18. The maximum Gasteiger partial charge on any atom is 0.407 e. The van der Waals surface area contributed by atoms with Crippen LogP contribution in [0, 0.1) is 0 Å². The predicted molar refractivity (Wildman–Crippen MR) is 117 cm³/mol. The van der Waals surface area contributed by atoms with Gasteiger partial charge in [0.05, 0.1) is 12.6 Å². The van der Waals surface area contributed by atoms with Crippen molar-refractivity contribution in [3.05, 3.63) is 0 Å². The number of amides is 1. The maximum atomic E-state index is 12.6. The number of ether oxygens (including phenoxy) is 1. The highest BCUT2D eigenvalue weighted by Crippen LogP contribution is 2.20. The summed E-state index contributed by atoms with van der Waals surface area (Å²) in [7, 11) is 0. The van der Waals surface area contributed by atoms with Crippen molar-refractivity contribution in [1.29, 1.82) is 0 Å². The molecule has 11 heteroatoms. The van der Waals surface area contributed by atoms with Crippen LogP contribution in [0.5, 0.6) is 0 Å². The van der Waals surface area contributed by atoms with Gasteiger partial charge in [-0.05, 0) is 40.5 Å². The second-order valence-corrected chi connectivity index (χ2v) is 8.36. The van der Waals surface area contributed by atoms with Gasteiger partial charge in [-0.15, -0.1) is 24.0 Å².